The van der Waals surface area contributed by atoms with Crippen LogP contribution in [0.25, 0.3) is 10.9 Å². The lowest BCUT2D eigenvalue weighted by Crippen LogP contribution is -2.47. The van der Waals surface area contributed by atoms with E-state index >= 15 is 0 Å². The first kappa shape index (κ1) is 15.8. The number of carbonyl (C=O) groups is 1. The van der Waals surface area contributed by atoms with Crippen LogP contribution < -0.4 is 0 Å². The molecule has 1 N–H and O–H groups in total. The molecule has 3 heterocycles. The summed E-state index contributed by atoms with van der Waals surface area (Å²) in [6.45, 7) is 0.719. The summed E-state index contributed by atoms with van der Waals surface area (Å²) >= 11 is 0. The fraction of sp³-hybridized carbons (Fsp3) is 0.300. The predicted molar refractivity (Wildman–Crippen MR) is 94.3 cm³/mol. The van der Waals surface area contributed by atoms with Crippen LogP contribution in [0.15, 0.2) is 59.2 Å². The quantitative estimate of drug-likeness (QED) is 0.784. The lowest BCUT2D eigenvalue weighted by Gasteiger charge is -2.37. The number of para-hydroxylation sites is 1. The van der Waals surface area contributed by atoms with Crippen molar-refractivity contribution in [1.82, 2.24) is 9.88 Å². The fourth-order valence-electron chi connectivity index (χ4n) is 3.69. The highest BCUT2D eigenvalue weighted by Gasteiger charge is 2.37. The minimum atomic E-state index is -0.781. The molecule has 2 atom stereocenters. The molecular weight excluding hydrogens is 316 g/mol. The maximum atomic E-state index is 11.8. The van der Waals surface area contributed by atoms with Gasteiger partial charge in [-0.3, -0.25) is 14.7 Å². The van der Waals surface area contributed by atoms with E-state index in [9.17, 15) is 9.90 Å². The molecule has 1 aromatic carbocycles. The summed E-state index contributed by atoms with van der Waals surface area (Å²) in [7, 11) is 0. The van der Waals surface area contributed by atoms with Gasteiger partial charge in [-0.25, -0.2) is 0 Å². The largest absolute Gasteiger partial charge is 0.480 e. The highest BCUT2D eigenvalue weighted by molar-refractivity contribution is 5.78. The lowest BCUT2D eigenvalue weighted by atomic mass is 9.97. The average Bonchev–Trinajstić information content (AvgIpc) is 3.16. The number of fused-ring (bicyclic) bond motifs is 1. The zero-order valence-corrected chi connectivity index (χ0v) is 13.8. The zero-order valence-electron chi connectivity index (χ0n) is 13.8. The van der Waals surface area contributed by atoms with E-state index in [1.54, 1.807) is 6.26 Å². The summed E-state index contributed by atoms with van der Waals surface area (Å²) < 4.78 is 5.67. The second-order valence-corrected chi connectivity index (χ2v) is 6.43. The molecule has 0 radical (unpaired) electrons. The van der Waals surface area contributed by atoms with Crippen LogP contribution in [0.4, 0.5) is 0 Å². The van der Waals surface area contributed by atoms with Crippen molar-refractivity contribution in [2.24, 2.45) is 0 Å². The number of piperidine rings is 1. The molecule has 1 saturated heterocycles. The van der Waals surface area contributed by atoms with E-state index in [4.69, 9.17) is 9.40 Å². The maximum Gasteiger partial charge on any atom is 0.320 e. The van der Waals surface area contributed by atoms with Crippen molar-refractivity contribution in [3.8, 4) is 0 Å². The standard InChI is InChI=1S/C20H20N2O3/c23-20(24)17-8-3-4-12-22(17)19(18-9-5-13-25-18)16-11-10-14-6-1-2-7-15(14)21-16/h1-2,5-7,9-11,13,17,19H,3-4,8,12H2,(H,23,24). The fourth-order valence-corrected chi connectivity index (χ4v) is 3.69. The summed E-state index contributed by atoms with van der Waals surface area (Å²) in [5.41, 5.74) is 1.72. The molecule has 2 unspecified atom stereocenters. The molecule has 25 heavy (non-hydrogen) atoms. The molecular formula is C20H20N2O3. The Bertz CT molecular complexity index is 876. The van der Waals surface area contributed by atoms with Crippen molar-refractivity contribution < 1.29 is 14.3 Å². The van der Waals surface area contributed by atoms with Gasteiger partial charge >= 0.3 is 5.97 Å². The molecule has 0 spiro atoms. The van der Waals surface area contributed by atoms with Crippen LogP contribution in [0.2, 0.25) is 0 Å². The van der Waals surface area contributed by atoms with Crippen molar-refractivity contribution in [1.29, 1.82) is 0 Å². The molecule has 5 heteroatoms. The molecule has 4 rings (SSSR count). The van der Waals surface area contributed by atoms with E-state index in [0.717, 1.165) is 41.7 Å². The maximum absolute atomic E-state index is 11.8. The summed E-state index contributed by atoms with van der Waals surface area (Å²) in [4.78, 5) is 18.6. The Kier molecular flexibility index (Phi) is 4.24. The van der Waals surface area contributed by atoms with Crippen LogP contribution in [0, 0.1) is 0 Å². The van der Waals surface area contributed by atoms with Crippen molar-refractivity contribution in [2.75, 3.05) is 6.54 Å². The van der Waals surface area contributed by atoms with Crippen LogP contribution in [-0.4, -0.2) is 33.5 Å². The third-order valence-corrected chi connectivity index (χ3v) is 4.87. The minimum absolute atomic E-state index is 0.291. The molecule has 128 valence electrons. The first-order valence-electron chi connectivity index (χ1n) is 8.62. The van der Waals surface area contributed by atoms with Crippen LogP contribution in [0.3, 0.4) is 0 Å². The Balaban J connectivity index is 1.81. The Labute approximate surface area is 145 Å². The van der Waals surface area contributed by atoms with Gasteiger partial charge in [0.1, 0.15) is 17.8 Å². The Hall–Kier alpha value is -2.66. The number of pyridine rings is 1. The average molecular weight is 336 g/mol. The topological polar surface area (TPSA) is 66.6 Å². The van der Waals surface area contributed by atoms with E-state index in [-0.39, 0.29) is 6.04 Å². The molecule has 5 nitrogen and oxygen atoms in total. The summed E-state index contributed by atoms with van der Waals surface area (Å²) in [5, 5.41) is 10.7. The molecule has 0 saturated carbocycles. The lowest BCUT2D eigenvalue weighted by molar-refractivity contribution is -0.145. The second-order valence-electron chi connectivity index (χ2n) is 6.43. The summed E-state index contributed by atoms with van der Waals surface area (Å²) in [6, 6.07) is 14.9. The van der Waals surface area contributed by atoms with Crippen LogP contribution in [0.5, 0.6) is 0 Å². The molecule has 1 aliphatic rings. The van der Waals surface area contributed by atoms with Gasteiger partial charge in [0.25, 0.3) is 0 Å². The highest BCUT2D eigenvalue weighted by atomic mass is 16.4. The van der Waals surface area contributed by atoms with Crippen LogP contribution in [-0.2, 0) is 4.79 Å². The van der Waals surface area contributed by atoms with E-state index in [0.29, 0.717) is 6.42 Å². The van der Waals surface area contributed by atoms with Gasteiger partial charge in [-0.1, -0.05) is 30.7 Å². The van der Waals surface area contributed by atoms with Crippen LogP contribution in [0.1, 0.15) is 36.8 Å². The van der Waals surface area contributed by atoms with Crippen molar-refractivity contribution in [3.05, 3.63) is 66.2 Å². The van der Waals surface area contributed by atoms with E-state index < -0.39 is 12.0 Å². The van der Waals surface area contributed by atoms with Gasteiger partial charge in [0.15, 0.2) is 0 Å². The molecule has 0 bridgehead atoms. The van der Waals surface area contributed by atoms with Crippen molar-refractivity contribution in [2.45, 2.75) is 31.3 Å². The third-order valence-electron chi connectivity index (χ3n) is 4.87. The van der Waals surface area contributed by atoms with E-state index in [1.807, 2.05) is 53.4 Å². The number of rotatable bonds is 4. The predicted octanol–water partition coefficient (Wildman–Crippen LogP) is 3.86. The smallest absolute Gasteiger partial charge is 0.320 e. The van der Waals surface area contributed by atoms with Gasteiger partial charge in [-0.2, -0.15) is 0 Å². The Morgan fingerprint density at radius 2 is 2.04 bits per heavy atom. The number of aromatic nitrogens is 1. The molecule has 1 aliphatic heterocycles. The summed E-state index contributed by atoms with van der Waals surface area (Å²) in [5.74, 6) is -0.0482. The number of furan rings is 1. The first-order chi connectivity index (χ1) is 12.2. The molecule has 0 aliphatic carbocycles. The third kappa shape index (κ3) is 3.03. The first-order valence-corrected chi connectivity index (χ1v) is 8.62. The number of nitrogens with zero attached hydrogens (tertiary/aromatic N) is 2. The SMILES string of the molecule is O=C(O)C1CCCCN1C(c1ccc2ccccc2n1)c1ccco1. The number of carboxylic acids is 1. The Morgan fingerprint density at radius 1 is 1.16 bits per heavy atom. The monoisotopic (exact) mass is 336 g/mol. The number of aliphatic carboxylic acids is 1. The number of hydrogen-bond donors (Lipinski definition) is 1. The molecule has 2 aromatic heterocycles. The summed E-state index contributed by atoms with van der Waals surface area (Å²) in [6.07, 6.45) is 4.20. The van der Waals surface area contributed by atoms with Crippen LogP contribution >= 0.6 is 0 Å². The number of hydrogen-bond acceptors (Lipinski definition) is 4. The molecule has 0 amide bonds. The van der Waals surface area contributed by atoms with Gasteiger partial charge in [-0.15, -0.1) is 0 Å². The minimum Gasteiger partial charge on any atom is -0.480 e. The number of carboxylic acid groups (broad SMARTS) is 1. The normalized spacial score (nSPS) is 19.8. The zero-order chi connectivity index (χ0) is 17.2. The van der Waals surface area contributed by atoms with Gasteiger partial charge in [0.05, 0.1) is 17.5 Å². The number of likely N-dealkylation sites (tertiary alicyclic amines) is 1. The Morgan fingerprint density at radius 3 is 2.84 bits per heavy atom. The number of benzene rings is 1. The van der Waals surface area contributed by atoms with Crippen molar-refractivity contribution in [3.63, 3.8) is 0 Å². The van der Waals surface area contributed by atoms with Gasteiger partial charge < -0.3 is 9.52 Å². The van der Waals surface area contributed by atoms with Gasteiger partial charge in [-0.05, 0) is 37.1 Å². The van der Waals surface area contributed by atoms with Gasteiger partial charge in [0.2, 0.25) is 0 Å². The van der Waals surface area contributed by atoms with Gasteiger partial charge in [0, 0.05) is 11.9 Å². The second kappa shape index (κ2) is 6.69. The van der Waals surface area contributed by atoms with E-state index in [1.165, 1.54) is 0 Å². The van der Waals surface area contributed by atoms with Crippen molar-refractivity contribution >= 4 is 16.9 Å². The molecule has 1 fully saturated rings. The van der Waals surface area contributed by atoms with E-state index in [2.05, 4.69) is 0 Å². The highest BCUT2D eigenvalue weighted by Crippen LogP contribution is 2.34. The molecule has 3 aromatic rings.